The number of hydrogen-bond acceptors (Lipinski definition) is 3. The first-order valence-corrected chi connectivity index (χ1v) is 6.50. The molecule has 6 nitrogen and oxygen atoms in total. The monoisotopic (exact) mass is 289 g/mol. The maximum absolute atomic E-state index is 11.8. The van der Waals surface area contributed by atoms with Crippen LogP contribution in [0, 0.1) is 16.7 Å². The molecule has 1 aromatic carbocycles. The number of hydrogen-bond donors (Lipinski definition) is 3. The summed E-state index contributed by atoms with van der Waals surface area (Å²) in [5.74, 6) is -1.08. The Morgan fingerprint density at radius 2 is 1.86 bits per heavy atom. The molecule has 1 atom stereocenters. The molecule has 6 heteroatoms. The van der Waals surface area contributed by atoms with Crippen molar-refractivity contribution in [2.24, 2.45) is 5.41 Å². The van der Waals surface area contributed by atoms with Crippen LogP contribution in [0.3, 0.4) is 0 Å². The van der Waals surface area contributed by atoms with E-state index in [0.717, 1.165) is 5.56 Å². The highest BCUT2D eigenvalue weighted by Gasteiger charge is 2.32. The minimum Gasteiger partial charge on any atom is -0.480 e. The number of nitrogens with one attached hydrogen (secondary N) is 2. The maximum atomic E-state index is 11.8. The molecule has 0 fully saturated rings. The summed E-state index contributed by atoms with van der Waals surface area (Å²) in [4.78, 5) is 23.0. The fourth-order valence-electron chi connectivity index (χ4n) is 1.74. The molecule has 21 heavy (non-hydrogen) atoms. The zero-order chi connectivity index (χ0) is 16.0. The van der Waals surface area contributed by atoms with Crippen LogP contribution in [0.25, 0.3) is 0 Å². The third-order valence-corrected chi connectivity index (χ3v) is 2.88. The molecule has 0 heterocycles. The van der Waals surface area contributed by atoms with E-state index in [0.29, 0.717) is 12.1 Å². The Morgan fingerprint density at radius 1 is 1.29 bits per heavy atom. The molecule has 0 radical (unpaired) electrons. The van der Waals surface area contributed by atoms with E-state index in [9.17, 15) is 9.59 Å². The molecule has 3 N–H and O–H groups in total. The number of nitriles is 1. The number of carbonyl (C=O) groups is 2. The van der Waals surface area contributed by atoms with Crippen LogP contribution < -0.4 is 10.6 Å². The molecule has 0 aliphatic carbocycles. The van der Waals surface area contributed by atoms with Crippen LogP contribution in [0.5, 0.6) is 0 Å². The number of urea groups is 1. The van der Waals surface area contributed by atoms with Gasteiger partial charge in [0.2, 0.25) is 0 Å². The molecule has 0 spiro atoms. The number of amides is 2. The molecule has 0 aliphatic heterocycles. The highest BCUT2D eigenvalue weighted by Crippen LogP contribution is 2.19. The lowest BCUT2D eigenvalue weighted by Gasteiger charge is -2.27. The Balaban J connectivity index is 2.68. The van der Waals surface area contributed by atoms with Crippen molar-refractivity contribution in [1.82, 2.24) is 5.32 Å². The van der Waals surface area contributed by atoms with Crippen molar-refractivity contribution in [3.05, 3.63) is 29.8 Å². The van der Waals surface area contributed by atoms with Crippen LogP contribution in [0.1, 0.15) is 26.3 Å². The van der Waals surface area contributed by atoms with Crippen molar-refractivity contribution in [3.8, 4) is 6.07 Å². The Labute approximate surface area is 123 Å². The Kier molecular flexibility index (Phi) is 5.30. The molecule has 0 aliphatic rings. The van der Waals surface area contributed by atoms with Gasteiger partial charge in [0.1, 0.15) is 6.04 Å². The van der Waals surface area contributed by atoms with Gasteiger partial charge in [-0.05, 0) is 23.1 Å². The summed E-state index contributed by atoms with van der Waals surface area (Å²) in [5.41, 5.74) is 0.786. The van der Waals surface area contributed by atoms with Crippen molar-refractivity contribution in [2.45, 2.75) is 33.2 Å². The van der Waals surface area contributed by atoms with Crippen molar-refractivity contribution in [1.29, 1.82) is 5.26 Å². The number of anilines is 1. The average Bonchev–Trinajstić information content (AvgIpc) is 2.37. The Hall–Kier alpha value is -2.55. The second-order valence-corrected chi connectivity index (χ2v) is 5.77. The minimum absolute atomic E-state index is 0.303. The SMILES string of the molecule is CC(C)(C)C(NC(=O)Nc1ccc(CC#N)cc1)C(=O)O. The van der Waals surface area contributed by atoms with Gasteiger partial charge >= 0.3 is 12.0 Å². The number of carboxylic acids is 1. The predicted molar refractivity (Wildman–Crippen MR) is 78.8 cm³/mol. The second-order valence-electron chi connectivity index (χ2n) is 5.77. The van der Waals surface area contributed by atoms with Crippen LogP contribution in [0.2, 0.25) is 0 Å². The predicted octanol–water partition coefficient (Wildman–Crippen LogP) is 2.37. The van der Waals surface area contributed by atoms with Gasteiger partial charge in [-0.1, -0.05) is 32.9 Å². The third-order valence-electron chi connectivity index (χ3n) is 2.88. The highest BCUT2D eigenvalue weighted by atomic mass is 16.4. The zero-order valence-electron chi connectivity index (χ0n) is 12.3. The first-order chi connectivity index (χ1) is 9.74. The Bertz CT molecular complexity index is 553. The normalized spacial score (nSPS) is 12.1. The molecule has 2 amide bonds. The van der Waals surface area contributed by atoms with E-state index < -0.39 is 23.5 Å². The maximum Gasteiger partial charge on any atom is 0.326 e. The molecule has 112 valence electrons. The molecular formula is C15H19N3O3. The summed E-state index contributed by atoms with van der Waals surface area (Å²) in [6.45, 7) is 5.22. The van der Waals surface area contributed by atoms with Gasteiger partial charge in [-0.3, -0.25) is 0 Å². The fraction of sp³-hybridized carbons (Fsp3) is 0.400. The van der Waals surface area contributed by atoms with E-state index in [4.69, 9.17) is 10.4 Å². The van der Waals surface area contributed by atoms with Crippen LogP contribution in [-0.4, -0.2) is 23.1 Å². The lowest BCUT2D eigenvalue weighted by atomic mass is 9.87. The average molecular weight is 289 g/mol. The zero-order valence-corrected chi connectivity index (χ0v) is 12.3. The van der Waals surface area contributed by atoms with Crippen LogP contribution in [0.4, 0.5) is 10.5 Å². The van der Waals surface area contributed by atoms with E-state index >= 15 is 0 Å². The van der Waals surface area contributed by atoms with Crippen LogP contribution in [0.15, 0.2) is 24.3 Å². The van der Waals surface area contributed by atoms with Crippen molar-refractivity contribution < 1.29 is 14.7 Å². The quantitative estimate of drug-likeness (QED) is 0.791. The van der Waals surface area contributed by atoms with Gasteiger partial charge in [0.05, 0.1) is 12.5 Å². The van der Waals surface area contributed by atoms with Gasteiger partial charge < -0.3 is 15.7 Å². The summed E-state index contributed by atoms with van der Waals surface area (Å²) < 4.78 is 0. The molecule has 0 saturated carbocycles. The first kappa shape index (κ1) is 16.5. The van der Waals surface area contributed by atoms with Crippen molar-refractivity contribution >= 4 is 17.7 Å². The second kappa shape index (κ2) is 6.75. The highest BCUT2D eigenvalue weighted by molar-refractivity contribution is 5.92. The number of nitrogens with zero attached hydrogens (tertiary/aromatic N) is 1. The molecule has 0 saturated heterocycles. The number of rotatable bonds is 4. The minimum atomic E-state index is -1.08. The third kappa shape index (κ3) is 5.15. The number of benzene rings is 1. The number of carbonyl (C=O) groups excluding carboxylic acids is 1. The number of aliphatic carboxylic acids is 1. The van der Waals surface area contributed by atoms with Gasteiger partial charge in [-0.25, -0.2) is 9.59 Å². The van der Waals surface area contributed by atoms with E-state index in [-0.39, 0.29) is 0 Å². The van der Waals surface area contributed by atoms with Gasteiger partial charge in [0, 0.05) is 5.69 Å². The summed E-state index contributed by atoms with van der Waals surface area (Å²) in [5, 5.41) is 22.7. The first-order valence-electron chi connectivity index (χ1n) is 6.50. The van der Waals surface area contributed by atoms with Crippen LogP contribution in [-0.2, 0) is 11.2 Å². The number of carboxylic acid groups (broad SMARTS) is 1. The lowest BCUT2D eigenvalue weighted by Crippen LogP contribution is -2.50. The van der Waals surface area contributed by atoms with Crippen molar-refractivity contribution in [2.75, 3.05) is 5.32 Å². The Morgan fingerprint density at radius 3 is 2.29 bits per heavy atom. The van der Waals surface area contributed by atoms with E-state index in [2.05, 4.69) is 10.6 Å². The standard InChI is InChI=1S/C15H19N3O3/c1-15(2,3)12(13(19)20)18-14(21)17-11-6-4-10(5-7-11)8-9-16/h4-7,12H,8H2,1-3H3,(H,19,20)(H2,17,18,21). The largest absolute Gasteiger partial charge is 0.480 e. The molecule has 1 aromatic rings. The molecule has 1 rings (SSSR count). The van der Waals surface area contributed by atoms with Crippen LogP contribution >= 0.6 is 0 Å². The van der Waals surface area contributed by atoms with E-state index in [1.165, 1.54) is 0 Å². The fourth-order valence-corrected chi connectivity index (χ4v) is 1.74. The summed E-state index contributed by atoms with van der Waals surface area (Å²) >= 11 is 0. The summed E-state index contributed by atoms with van der Waals surface area (Å²) in [6.07, 6.45) is 0.303. The molecule has 1 unspecified atom stereocenters. The molecular weight excluding hydrogens is 270 g/mol. The van der Waals surface area contributed by atoms with Crippen molar-refractivity contribution in [3.63, 3.8) is 0 Å². The van der Waals surface area contributed by atoms with Gasteiger partial charge in [-0.2, -0.15) is 5.26 Å². The molecule has 0 bridgehead atoms. The van der Waals surface area contributed by atoms with Gasteiger partial charge in [-0.15, -0.1) is 0 Å². The van der Waals surface area contributed by atoms with E-state index in [1.807, 2.05) is 6.07 Å². The molecule has 0 aromatic heterocycles. The van der Waals surface area contributed by atoms with Gasteiger partial charge in [0.15, 0.2) is 0 Å². The topological polar surface area (TPSA) is 102 Å². The summed E-state index contributed by atoms with van der Waals surface area (Å²) in [6, 6.07) is 7.26. The lowest BCUT2D eigenvalue weighted by molar-refractivity contribution is -0.141. The summed E-state index contributed by atoms with van der Waals surface area (Å²) in [7, 11) is 0. The smallest absolute Gasteiger partial charge is 0.326 e. The van der Waals surface area contributed by atoms with Gasteiger partial charge in [0.25, 0.3) is 0 Å². The van der Waals surface area contributed by atoms with E-state index in [1.54, 1.807) is 45.0 Å².